The molecule has 0 saturated carbocycles. The van der Waals surface area contributed by atoms with E-state index in [1.165, 1.54) is 11.8 Å². The molecule has 0 saturated heterocycles. The topological polar surface area (TPSA) is 52.9 Å². The van der Waals surface area contributed by atoms with Crippen LogP contribution in [0.1, 0.15) is 26.7 Å². The van der Waals surface area contributed by atoms with Gasteiger partial charge in [-0.2, -0.15) is 5.26 Å². The van der Waals surface area contributed by atoms with E-state index in [2.05, 4.69) is 11.4 Å². The lowest BCUT2D eigenvalue weighted by molar-refractivity contribution is -0.119. The van der Waals surface area contributed by atoms with Crippen LogP contribution in [0.15, 0.2) is 35.2 Å². The number of carbonyl (C=O) groups excluding carboxylic acids is 1. The summed E-state index contributed by atoms with van der Waals surface area (Å²) in [5.74, 6) is 0.252. The number of hydrogen-bond donors (Lipinski definition) is 1. The van der Waals surface area contributed by atoms with Crippen LogP contribution >= 0.6 is 11.8 Å². The number of nitrogens with zero attached hydrogens (tertiary/aromatic N) is 1. The van der Waals surface area contributed by atoms with Crippen molar-refractivity contribution >= 4 is 17.7 Å². The van der Waals surface area contributed by atoms with Crippen molar-refractivity contribution in [3.05, 3.63) is 30.3 Å². The van der Waals surface area contributed by atoms with Gasteiger partial charge in [0, 0.05) is 4.90 Å². The smallest absolute Gasteiger partial charge is 0.231 e. The van der Waals surface area contributed by atoms with Gasteiger partial charge < -0.3 is 5.32 Å². The van der Waals surface area contributed by atoms with Gasteiger partial charge in [0.2, 0.25) is 5.91 Å². The van der Waals surface area contributed by atoms with E-state index in [4.69, 9.17) is 5.26 Å². The van der Waals surface area contributed by atoms with Crippen molar-refractivity contribution in [2.45, 2.75) is 37.1 Å². The van der Waals surface area contributed by atoms with E-state index in [0.717, 1.165) is 4.90 Å². The van der Waals surface area contributed by atoms with Crippen LogP contribution in [0.2, 0.25) is 0 Å². The molecule has 0 heterocycles. The van der Waals surface area contributed by atoms with Crippen molar-refractivity contribution in [1.82, 2.24) is 5.32 Å². The minimum absolute atomic E-state index is 0.0888. The molecule has 0 unspecified atom stereocenters. The molecule has 3 nitrogen and oxygen atoms in total. The highest BCUT2D eigenvalue weighted by molar-refractivity contribution is 8.00. The first-order valence-corrected chi connectivity index (χ1v) is 7.04. The average Bonchev–Trinajstić information content (AvgIpc) is 2.44. The maximum atomic E-state index is 11.8. The fourth-order valence-electron chi connectivity index (χ4n) is 1.58. The minimum Gasteiger partial charge on any atom is -0.337 e. The van der Waals surface area contributed by atoms with Crippen molar-refractivity contribution in [2.24, 2.45) is 0 Å². The fraction of sp³-hybridized carbons (Fsp3) is 0.429. The van der Waals surface area contributed by atoms with Gasteiger partial charge in [0.05, 0.1) is 11.8 Å². The van der Waals surface area contributed by atoms with Crippen LogP contribution in [0.25, 0.3) is 0 Å². The lowest BCUT2D eigenvalue weighted by Crippen LogP contribution is -2.47. The molecule has 4 heteroatoms. The summed E-state index contributed by atoms with van der Waals surface area (Å²) in [7, 11) is 0. The van der Waals surface area contributed by atoms with Gasteiger partial charge in [-0.1, -0.05) is 32.0 Å². The third-order valence-corrected chi connectivity index (χ3v) is 3.92. The molecule has 0 radical (unpaired) electrons. The van der Waals surface area contributed by atoms with Crippen LogP contribution in [0, 0.1) is 11.3 Å². The van der Waals surface area contributed by atoms with Crippen LogP contribution in [0.3, 0.4) is 0 Å². The number of nitriles is 1. The first kappa shape index (κ1) is 14.6. The Morgan fingerprint density at radius 1 is 1.33 bits per heavy atom. The molecule has 1 N–H and O–H groups in total. The van der Waals surface area contributed by atoms with Crippen molar-refractivity contribution < 1.29 is 4.79 Å². The molecule has 0 spiro atoms. The molecule has 96 valence electrons. The molecule has 0 aliphatic carbocycles. The van der Waals surface area contributed by atoms with Gasteiger partial charge in [-0.15, -0.1) is 11.8 Å². The highest BCUT2D eigenvalue weighted by Crippen LogP contribution is 2.18. The van der Waals surface area contributed by atoms with Gasteiger partial charge in [-0.3, -0.25) is 4.79 Å². The van der Waals surface area contributed by atoms with Crippen LogP contribution in [-0.4, -0.2) is 17.2 Å². The fourth-order valence-corrected chi connectivity index (χ4v) is 2.30. The zero-order chi connectivity index (χ0) is 13.4. The summed E-state index contributed by atoms with van der Waals surface area (Å²) in [6.45, 7) is 3.83. The monoisotopic (exact) mass is 262 g/mol. The predicted molar refractivity (Wildman–Crippen MR) is 74.2 cm³/mol. The Balaban J connectivity index is 2.50. The Labute approximate surface area is 113 Å². The summed E-state index contributed by atoms with van der Waals surface area (Å²) < 4.78 is 0. The number of thioether (sulfide) groups is 1. The normalized spacial score (nSPS) is 10.7. The largest absolute Gasteiger partial charge is 0.337 e. The number of amides is 1. The summed E-state index contributed by atoms with van der Waals surface area (Å²) in [4.78, 5) is 12.9. The molecule has 1 rings (SSSR count). The standard InChI is InChI=1S/C14H18N2OS/c1-3-14(4-2,11-15)16-13(17)10-18-12-8-6-5-7-9-12/h5-9H,3-4,10H2,1-2H3,(H,16,17). The van der Waals surface area contributed by atoms with Crippen molar-refractivity contribution in [3.63, 3.8) is 0 Å². The predicted octanol–water partition coefficient (Wildman–Crippen LogP) is 2.98. The maximum absolute atomic E-state index is 11.8. The lowest BCUT2D eigenvalue weighted by Gasteiger charge is -2.24. The third-order valence-electron chi connectivity index (χ3n) is 2.91. The molecule has 0 bridgehead atoms. The highest BCUT2D eigenvalue weighted by Gasteiger charge is 2.27. The minimum atomic E-state index is -0.714. The third kappa shape index (κ3) is 4.08. The molecule has 1 aromatic carbocycles. The SMILES string of the molecule is CCC(C#N)(CC)NC(=O)CSc1ccccc1. The van der Waals surface area contributed by atoms with Crippen molar-refractivity contribution in [2.75, 3.05) is 5.75 Å². The average molecular weight is 262 g/mol. The highest BCUT2D eigenvalue weighted by atomic mass is 32.2. The Morgan fingerprint density at radius 3 is 2.44 bits per heavy atom. The van der Waals surface area contributed by atoms with E-state index >= 15 is 0 Å². The second-order valence-corrected chi connectivity index (χ2v) is 5.10. The van der Waals surface area contributed by atoms with Crippen LogP contribution < -0.4 is 5.32 Å². The van der Waals surface area contributed by atoms with E-state index in [-0.39, 0.29) is 5.91 Å². The molecular formula is C14H18N2OS. The van der Waals surface area contributed by atoms with Gasteiger partial charge in [-0.05, 0) is 25.0 Å². The zero-order valence-corrected chi connectivity index (χ0v) is 11.6. The van der Waals surface area contributed by atoms with Crippen molar-refractivity contribution in [1.29, 1.82) is 5.26 Å². The second-order valence-electron chi connectivity index (χ2n) is 4.05. The van der Waals surface area contributed by atoms with E-state index in [1.807, 2.05) is 44.2 Å². The number of rotatable bonds is 6. The maximum Gasteiger partial charge on any atom is 0.231 e. The molecule has 1 aromatic rings. The van der Waals surface area contributed by atoms with E-state index in [0.29, 0.717) is 18.6 Å². The number of benzene rings is 1. The lowest BCUT2D eigenvalue weighted by atomic mass is 9.95. The molecule has 0 aliphatic rings. The molecule has 0 aromatic heterocycles. The van der Waals surface area contributed by atoms with E-state index in [1.54, 1.807) is 0 Å². The Kier molecular flexibility index (Phi) is 5.73. The first-order chi connectivity index (χ1) is 8.65. The van der Waals surface area contributed by atoms with Crippen LogP contribution in [0.5, 0.6) is 0 Å². The van der Waals surface area contributed by atoms with Crippen molar-refractivity contribution in [3.8, 4) is 6.07 Å². The van der Waals surface area contributed by atoms with Gasteiger partial charge in [0.1, 0.15) is 5.54 Å². The van der Waals surface area contributed by atoms with Gasteiger partial charge in [0.15, 0.2) is 0 Å². The summed E-state index contributed by atoms with van der Waals surface area (Å²) in [5.41, 5.74) is -0.714. The molecular weight excluding hydrogens is 244 g/mol. The van der Waals surface area contributed by atoms with E-state index in [9.17, 15) is 4.79 Å². The van der Waals surface area contributed by atoms with Crippen LogP contribution in [-0.2, 0) is 4.79 Å². The summed E-state index contributed by atoms with van der Waals surface area (Å²) in [5, 5.41) is 12.0. The summed E-state index contributed by atoms with van der Waals surface area (Å²) in [6.07, 6.45) is 1.25. The Hall–Kier alpha value is -1.47. The number of nitrogens with one attached hydrogen (secondary N) is 1. The van der Waals surface area contributed by atoms with Gasteiger partial charge in [-0.25, -0.2) is 0 Å². The van der Waals surface area contributed by atoms with Crippen LogP contribution in [0.4, 0.5) is 0 Å². The molecule has 0 aliphatic heterocycles. The Morgan fingerprint density at radius 2 is 1.94 bits per heavy atom. The molecule has 0 atom stereocenters. The first-order valence-electron chi connectivity index (χ1n) is 6.06. The Bertz CT molecular complexity index is 421. The molecule has 1 amide bonds. The van der Waals surface area contributed by atoms with E-state index < -0.39 is 5.54 Å². The number of hydrogen-bond acceptors (Lipinski definition) is 3. The molecule has 18 heavy (non-hydrogen) atoms. The second kappa shape index (κ2) is 7.07. The number of carbonyl (C=O) groups is 1. The zero-order valence-electron chi connectivity index (χ0n) is 10.8. The summed E-state index contributed by atoms with van der Waals surface area (Å²) in [6, 6.07) is 12.0. The summed E-state index contributed by atoms with van der Waals surface area (Å²) >= 11 is 1.48. The quantitative estimate of drug-likeness (QED) is 0.802. The molecule has 0 fully saturated rings. The van der Waals surface area contributed by atoms with Gasteiger partial charge in [0.25, 0.3) is 0 Å². The van der Waals surface area contributed by atoms with Gasteiger partial charge >= 0.3 is 0 Å².